The largest absolute Gasteiger partial charge is 0.222 e. The third kappa shape index (κ3) is 1.93. The first-order valence-electron chi connectivity index (χ1n) is 4.69. The average Bonchev–Trinajstić information content (AvgIpc) is 2.55. The van der Waals surface area contributed by atoms with Crippen LogP contribution in [0.4, 0.5) is 4.39 Å². The number of aromatic nitrogens is 2. The number of hydrogen-bond donors (Lipinski definition) is 0. The van der Waals surface area contributed by atoms with Gasteiger partial charge in [-0.1, -0.05) is 11.6 Å². The smallest absolute Gasteiger partial charge is 0.137 e. The first-order chi connectivity index (χ1) is 7.63. The van der Waals surface area contributed by atoms with Crippen molar-refractivity contribution in [1.82, 2.24) is 9.78 Å². The van der Waals surface area contributed by atoms with Gasteiger partial charge in [0.2, 0.25) is 0 Å². The summed E-state index contributed by atoms with van der Waals surface area (Å²) in [6, 6.07) is 5.96. The van der Waals surface area contributed by atoms with E-state index in [9.17, 15) is 4.39 Å². The fraction of sp³-hybridized carbons (Fsp3) is 0.182. The van der Waals surface area contributed by atoms with Crippen molar-refractivity contribution >= 4 is 23.2 Å². The van der Waals surface area contributed by atoms with Gasteiger partial charge in [-0.3, -0.25) is 0 Å². The second kappa shape index (κ2) is 4.44. The van der Waals surface area contributed by atoms with Gasteiger partial charge in [-0.25, -0.2) is 9.07 Å². The van der Waals surface area contributed by atoms with E-state index in [1.165, 1.54) is 12.1 Å². The Morgan fingerprint density at radius 3 is 2.44 bits per heavy atom. The van der Waals surface area contributed by atoms with Gasteiger partial charge >= 0.3 is 0 Å². The van der Waals surface area contributed by atoms with Crippen LogP contribution >= 0.6 is 23.2 Å². The summed E-state index contributed by atoms with van der Waals surface area (Å²) in [6.07, 6.45) is 0. The molecule has 0 spiro atoms. The van der Waals surface area contributed by atoms with Gasteiger partial charge in [0.1, 0.15) is 11.0 Å². The van der Waals surface area contributed by atoms with E-state index < -0.39 is 0 Å². The van der Waals surface area contributed by atoms with Crippen LogP contribution in [0.2, 0.25) is 5.15 Å². The van der Waals surface area contributed by atoms with Crippen LogP contribution in [0, 0.1) is 12.7 Å². The van der Waals surface area contributed by atoms with Gasteiger partial charge in [0.15, 0.2) is 0 Å². The summed E-state index contributed by atoms with van der Waals surface area (Å²) in [6.45, 7) is 1.84. The summed E-state index contributed by atoms with van der Waals surface area (Å²) in [7, 11) is 0. The van der Waals surface area contributed by atoms with Crippen molar-refractivity contribution in [2.45, 2.75) is 12.8 Å². The summed E-state index contributed by atoms with van der Waals surface area (Å²) in [4.78, 5) is 0. The molecule has 84 valence electrons. The maximum Gasteiger partial charge on any atom is 0.137 e. The molecule has 2 rings (SSSR count). The molecule has 0 bridgehead atoms. The topological polar surface area (TPSA) is 17.8 Å². The number of halogens is 3. The van der Waals surface area contributed by atoms with E-state index in [1.54, 1.807) is 16.8 Å². The highest BCUT2D eigenvalue weighted by Gasteiger charge is 2.13. The third-order valence-corrected chi connectivity index (χ3v) is 2.98. The van der Waals surface area contributed by atoms with Gasteiger partial charge < -0.3 is 0 Å². The Kier molecular flexibility index (Phi) is 3.17. The van der Waals surface area contributed by atoms with Crippen molar-refractivity contribution < 1.29 is 4.39 Å². The lowest BCUT2D eigenvalue weighted by atomic mass is 10.3. The quantitative estimate of drug-likeness (QED) is 0.751. The fourth-order valence-electron chi connectivity index (χ4n) is 1.44. The Hall–Kier alpha value is -1.06. The van der Waals surface area contributed by atoms with E-state index in [0.717, 1.165) is 11.3 Å². The van der Waals surface area contributed by atoms with Gasteiger partial charge in [0, 0.05) is 5.56 Å². The Morgan fingerprint density at radius 1 is 1.31 bits per heavy atom. The van der Waals surface area contributed by atoms with Crippen molar-refractivity contribution in [3.63, 3.8) is 0 Å². The van der Waals surface area contributed by atoms with E-state index in [1.807, 2.05) is 6.92 Å². The first kappa shape index (κ1) is 11.4. The van der Waals surface area contributed by atoms with Crippen molar-refractivity contribution in [1.29, 1.82) is 0 Å². The molecule has 1 aromatic heterocycles. The van der Waals surface area contributed by atoms with E-state index in [0.29, 0.717) is 16.7 Å². The highest BCUT2D eigenvalue weighted by Crippen LogP contribution is 2.24. The lowest BCUT2D eigenvalue weighted by Gasteiger charge is -2.02. The van der Waals surface area contributed by atoms with Crippen LogP contribution in [0.15, 0.2) is 24.3 Å². The predicted molar refractivity (Wildman–Crippen MR) is 62.8 cm³/mol. The molecule has 0 amide bonds. The Balaban J connectivity index is 2.52. The van der Waals surface area contributed by atoms with Crippen molar-refractivity contribution in [3.8, 4) is 5.69 Å². The van der Waals surface area contributed by atoms with Crippen LogP contribution in [0.25, 0.3) is 5.69 Å². The first-order valence-corrected chi connectivity index (χ1v) is 5.60. The maximum atomic E-state index is 12.8. The lowest BCUT2D eigenvalue weighted by Crippen LogP contribution is -1.96. The summed E-state index contributed by atoms with van der Waals surface area (Å²) in [5.41, 5.74) is 2.29. The van der Waals surface area contributed by atoms with Crippen LogP contribution < -0.4 is 0 Å². The molecule has 0 radical (unpaired) electrons. The summed E-state index contributed by atoms with van der Waals surface area (Å²) >= 11 is 11.9. The minimum Gasteiger partial charge on any atom is -0.222 e. The molecule has 1 heterocycles. The monoisotopic (exact) mass is 258 g/mol. The molecule has 0 saturated heterocycles. The lowest BCUT2D eigenvalue weighted by molar-refractivity contribution is 0.627. The van der Waals surface area contributed by atoms with E-state index in [2.05, 4.69) is 5.10 Å². The van der Waals surface area contributed by atoms with Gasteiger partial charge in [-0.15, -0.1) is 11.6 Å². The molecule has 2 aromatic rings. The van der Waals surface area contributed by atoms with Gasteiger partial charge in [0.05, 0.1) is 17.3 Å². The summed E-state index contributed by atoms with van der Waals surface area (Å²) in [5.74, 6) is 0.0209. The van der Waals surface area contributed by atoms with E-state index in [-0.39, 0.29) is 5.82 Å². The molecule has 0 N–H and O–H groups in total. The minimum atomic E-state index is -0.290. The number of hydrogen-bond acceptors (Lipinski definition) is 1. The molecule has 0 aliphatic heterocycles. The van der Waals surface area contributed by atoms with Crippen molar-refractivity contribution in [2.24, 2.45) is 0 Å². The molecular weight excluding hydrogens is 250 g/mol. The molecular formula is C11H9Cl2FN2. The van der Waals surface area contributed by atoms with Crippen LogP contribution in [-0.4, -0.2) is 9.78 Å². The standard InChI is InChI=1S/C11H9Cl2FN2/c1-7-10(6-12)11(13)16(15-7)9-4-2-8(14)3-5-9/h2-5H,6H2,1H3. The Morgan fingerprint density at radius 2 is 1.94 bits per heavy atom. The second-order valence-electron chi connectivity index (χ2n) is 3.38. The highest BCUT2D eigenvalue weighted by molar-refractivity contribution is 6.31. The SMILES string of the molecule is Cc1nn(-c2ccc(F)cc2)c(Cl)c1CCl. The molecule has 2 nitrogen and oxygen atoms in total. The molecule has 0 fully saturated rings. The van der Waals surface area contributed by atoms with Crippen LogP contribution in [0.1, 0.15) is 11.3 Å². The molecule has 0 aliphatic carbocycles. The van der Waals surface area contributed by atoms with Crippen LogP contribution in [0.5, 0.6) is 0 Å². The predicted octanol–water partition coefficient (Wildman–Crippen LogP) is 3.71. The normalized spacial score (nSPS) is 10.8. The minimum absolute atomic E-state index is 0.290. The average molecular weight is 259 g/mol. The van der Waals surface area contributed by atoms with Gasteiger partial charge in [0.25, 0.3) is 0 Å². The fourth-order valence-corrected chi connectivity index (χ4v) is 2.16. The number of aryl methyl sites for hydroxylation is 1. The zero-order valence-electron chi connectivity index (χ0n) is 8.54. The summed E-state index contributed by atoms with van der Waals surface area (Å²) < 4.78 is 14.3. The second-order valence-corrected chi connectivity index (χ2v) is 4.00. The van der Waals surface area contributed by atoms with Gasteiger partial charge in [-0.2, -0.15) is 5.10 Å². The molecule has 0 aliphatic rings. The zero-order valence-corrected chi connectivity index (χ0v) is 10.1. The summed E-state index contributed by atoms with van der Waals surface area (Å²) in [5, 5.41) is 4.73. The van der Waals surface area contributed by atoms with Crippen molar-refractivity contribution in [2.75, 3.05) is 0 Å². The van der Waals surface area contributed by atoms with Crippen LogP contribution in [-0.2, 0) is 5.88 Å². The highest BCUT2D eigenvalue weighted by atomic mass is 35.5. The molecule has 16 heavy (non-hydrogen) atoms. The maximum absolute atomic E-state index is 12.8. The van der Waals surface area contributed by atoms with Gasteiger partial charge in [-0.05, 0) is 31.2 Å². The van der Waals surface area contributed by atoms with Crippen molar-refractivity contribution in [3.05, 3.63) is 46.5 Å². The molecule has 5 heteroatoms. The van der Waals surface area contributed by atoms with E-state index in [4.69, 9.17) is 23.2 Å². The molecule has 0 saturated carbocycles. The number of benzene rings is 1. The van der Waals surface area contributed by atoms with E-state index >= 15 is 0 Å². The third-order valence-electron chi connectivity index (χ3n) is 2.33. The Labute approximate surface area is 103 Å². The Bertz CT molecular complexity index is 505. The number of nitrogens with zero attached hydrogens (tertiary/aromatic N) is 2. The molecule has 0 unspecified atom stereocenters. The molecule has 1 aromatic carbocycles. The molecule has 0 atom stereocenters. The zero-order chi connectivity index (χ0) is 11.7. The number of rotatable bonds is 2. The number of alkyl halides is 1. The van der Waals surface area contributed by atoms with Crippen LogP contribution in [0.3, 0.4) is 0 Å².